The predicted octanol–water partition coefficient (Wildman–Crippen LogP) is 4.37. The lowest BCUT2D eigenvalue weighted by Gasteiger charge is -2.16. The van der Waals surface area contributed by atoms with E-state index in [2.05, 4.69) is 51.2 Å². The minimum atomic E-state index is 0.387. The molecule has 6 heteroatoms. The lowest BCUT2D eigenvalue weighted by atomic mass is 10.2. The van der Waals surface area contributed by atoms with Gasteiger partial charge in [-0.1, -0.05) is 48.2 Å². The maximum atomic E-state index is 4.83. The first-order valence-electron chi connectivity index (χ1n) is 7.84. The molecule has 5 rings (SSSR count). The van der Waals surface area contributed by atoms with Crippen LogP contribution < -0.4 is 0 Å². The smallest absolute Gasteiger partial charge is 0.191 e. The van der Waals surface area contributed by atoms with Crippen molar-refractivity contribution in [3.63, 3.8) is 0 Å². The van der Waals surface area contributed by atoms with Gasteiger partial charge in [0.15, 0.2) is 11.0 Å². The molecule has 0 fully saturated rings. The number of aromatic nitrogens is 4. The molecule has 1 unspecified atom stereocenters. The number of nitrogens with zero attached hydrogens (tertiary/aromatic N) is 4. The average Bonchev–Trinajstić information content (AvgIpc) is 3.21. The van der Waals surface area contributed by atoms with Gasteiger partial charge in [0.05, 0.1) is 11.6 Å². The summed E-state index contributed by atoms with van der Waals surface area (Å²) in [4.78, 5) is 6.13. The molecular weight excluding hydrogens is 336 g/mol. The van der Waals surface area contributed by atoms with Crippen molar-refractivity contribution in [3.05, 3.63) is 54.6 Å². The SMILES string of the molecule is c1ccc(SCC2CSc3nnc4c5ccccc5nc-4n32)cc1. The fraction of sp³-hybridized carbons (Fsp3) is 0.167. The second-order valence-electron chi connectivity index (χ2n) is 5.74. The number of rotatable bonds is 3. The quantitative estimate of drug-likeness (QED) is 0.513. The van der Waals surface area contributed by atoms with Gasteiger partial charge in [-0.2, -0.15) is 0 Å². The number of benzene rings is 2. The Hall–Kier alpha value is -2.05. The Labute approximate surface area is 148 Å². The predicted molar refractivity (Wildman–Crippen MR) is 98.9 cm³/mol. The highest BCUT2D eigenvalue weighted by atomic mass is 32.2. The van der Waals surface area contributed by atoms with Crippen LogP contribution in [0.15, 0.2) is 64.6 Å². The highest BCUT2D eigenvalue weighted by Crippen LogP contribution is 2.40. The third-order valence-corrected chi connectivity index (χ3v) is 6.47. The molecule has 118 valence electrons. The molecule has 3 heterocycles. The fourth-order valence-corrected chi connectivity index (χ4v) is 5.29. The van der Waals surface area contributed by atoms with E-state index in [1.807, 2.05) is 30.0 Å². The summed E-state index contributed by atoms with van der Waals surface area (Å²) in [5.41, 5.74) is 1.90. The van der Waals surface area contributed by atoms with Crippen LogP contribution in [0.2, 0.25) is 0 Å². The van der Waals surface area contributed by atoms with Crippen LogP contribution in [-0.2, 0) is 0 Å². The van der Waals surface area contributed by atoms with E-state index in [1.54, 1.807) is 11.8 Å². The third-order valence-electron chi connectivity index (χ3n) is 4.22. The van der Waals surface area contributed by atoms with Crippen LogP contribution in [0.1, 0.15) is 6.04 Å². The summed E-state index contributed by atoms with van der Waals surface area (Å²) in [6.45, 7) is 0. The molecule has 0 aromatic heterocycles. The highest BCUT2D eigenvalue weighted by Gasteiger charge is 2.30. The molecule has 0 bridgehead atoms. The highest BCUT2D eigenvalue weighted by molar-refractivity contribution is 8.00. The zero-order valence-corrected chi connectivity index (χ0v) is 14.4. The molecule has 0 spiro atoms. The minimum absolute atomic E-state index is 0.387. The first-order chi connectivity index (χ1) is 11.9. The normalized spacial score (nSPS) is 16.8. The van der Waals surface area contributed by atoms with Gasteiger partial charge in [0.1, 0.15) is 5.69 Å². The van der Waals surface area contributed by atoms with Crippen LogP contribution in [0.25, 0.3) is 22.4 Å². The van der Waals surface area contributed by atoms with Gasteiger partial charge in [0, 0.05) is 21.8 Å². The summed E-state index contributed by atoms with van der Waals surface area (Å²) < 4.78 is 2.28. The molecule has 24 heavy (non-hydrogen) atoms. The summed E-state index contributed by atoms with van der Waals surface area (Å²) in [6.07, 6.45) is 0. The molecule has 1 atom stereocenters. The van der Waals surface area contributed by atoms with E-state index in [1.165, 1.54) is 4.90 Å². The number of hydrogen-bond acceptors (Lipinski definition) is 5. The second-order valence-corrected chi connectivity index (χ2v) is 7.82. The zero-order chi connectivity index (χ0) is 15.9. The van der Waals surface area contributed by atoms with Gasteiger partial charge >= 0.3 is 0 Å². The maximum absolute atomic E-state index is 4.83. The molecule has 3 aliphatic heterocycles. The summed E-state index contributed by atoms with van der Waals surface area (Å²) in [5.74, 6) is 3.00. The molecule has 4 nitrogen and oxygen atoms in total. The summed E-state index contributed by atoms with van der Waals surface area (Å²) in [5, 5.41) is 10.9. The van der Waals surface area contributed by atoms with Gasteiger partial charge in [0.2, 0.25) is 0 Å². The van der Waals surface area contributed by atoms with Gasteiger partial charge in [-0.25, -0.2) is 4.98 Å². The Bertz CT molecular complexity index is 983. The third kappa shape index (κ3) is 2.29. The molecular formula is C18H14N4S2. The van der Waals surface area contributed by atoms with E-state index in [9.17, 15) is 0 Å². The summed E-state index contributed by atoms with van der Waals surface area (Å²) >= 11 is 3.66. The van der Waals surface area contributed by atoms with Crippen molar-refractivity contribution >= 4 is 34.4 Å². The van der Waals surface area contributed by atoms with Crippen molar-refractivity contribution in [1.29, 1.82) is 0 Å². The van der Waals surface area contributed by atoms with Crippen LogP contribution in [0, 0.1) is 0 Å². The number of thioether (sulfide) groups is 2. The van der Waals surface area contributed by atoms with Gasteiger partial charge in [0.25, 0.3) is 0 Å². The van der Waals surface area contributed by atoms with Crippen LogP contribution in [-0.4, -0.2) is 31.3 Å². The average molecular weight is 350 g/mol. The van der Waals surface area contributed by atoms with Gasteiger partial charge in [-0.05, 0) is 18.2 Å². The summed E-state index contributed by atoms with van der Waals surface area (Å²) in [7, 11) is 0. The van der Waals surface area contributed by atoms with Crippen molar-refractivity contribution < 1.29 is 0 Å². The van der Waals surface area contributed by atoms with Gasteiger partial charge in [-0.3, -0.25) is 4.57 Å². The molecule has 0 saturated carbocycles. The summed E-state index contributed by atoms with van der Waals surface area (Å²) in [6, 6.07) is 19.1. The molecule has 0 aliphatic carbocycles. The lowest BCUT2D eigenvalue weighted by Crippen LogP contribution is -2.15. The molecule has 2 aromatic carbocycles. The molecule has 0 N–H and O–H groups in total. The van der Waals surface area contributed by atoms with Crippen LogP contribution in [0.5, 0.6) is 0 Å². The Balaban J connectivity index is 1.53. The standard InChI is InChI=1S/C18H14N4S2/c1-2-6-13(7-3-1)23-10-12-11-24-18-21-20-16-14-8-4-5-9-15(14)19-17(16)22(12)18/h1-9,12H,10-11H2. The Morgan fingerprint density at radius 1 is 1.04 bits per heavy atom. The Morgan fingerprint density at radius 2 is 1.88 bits per heavy atom. The monoisotopic (exact) mass is 350 g/mol. The van der Waals surface area contributed by atoms with Crippen molar-refractivity contribution in [2.45, 2.75) is 16.1 Å². The van der Waals surface area contributed by atoms with Crippen LogP contribution in [0.4, 0.5) is 0 Å². The maximum Gasteiger partial charge on any atom is 0.191 e. The molecule has 0 amide bonds. The van der Waals surface area contributed by atoms with Crippen molar-refractivity contribution in [2.75, 3.05) is 11.5 Å². The topological polar surface area (TPSA) is 43.6 Å². The molecule has 3 aliphatic rings. The van der Waals surface area contributed by atoms with Crippen molar-refractivity contribution in [2.24, 2.45) is 0 Å². The zero-order valence-electron chi connectivity index (χ0n) is 12.8. The van der Waals surface area contributed by atoms with E-state index >= 15 is 0 Å². The van der Waals surface area contributed by atoms with E-state index < -0.39 is 0 Å². The van der Waals surface area contributed by atoms with Crippen LogP contribution >= 0.6 is 23.5 Å². The molecule has 0 saturated heterocycles. The Morgan fingerprint density at radius 3 is 2.79 bits per heavy atom. The van der Waals surface area contributed by atoms with Crippen molar-refractivity contribution in [1.82, 2.24) is 19.7 Å². The number of hydrogen-bond donors (Lipinski definition) is 0. The van der Waals surface area contributed by atoms with E-state index in [0.717, 1.165) is 39.1 Å². The Kier molecular flexibility index (Phi) is 3.45. The molecule has 0 radical (unpaired) electrons. The first-order valence-corrected chi connectivity index (χ1v) is 9.81. The minimum Gasteiger partial charge on any atom is -0.297 e. The molecule has 2 aromatic rings. The van der Waals surface area contributed by atoms with E-state index in [0.29, 0.717) is 6.04 Å². The first kappa shape index (κ1) is 14.3. The number of para-hydroxylation sites is 1. The van der Waals surface area contributed by atoms with E-state index in [-0.39, 0.29) is 0 Å². The largest absolute Gasteiger partial charge is 0.297 e. The van der Waals surface area contributed by atoms with E-state index in [4.69, 9.17) is 4.98 Å². The van der Waals surface area contributed by atoms with Gasteiger partial charge < -0.3 is 0 Å². The second kappa shape index (κ2) is 5.79. The van der Waals surface area contributed by atoms with Crippen LogP contribution in [0.3, 0.4) is 0 Å². The number of fused-ring (bicyclic) bond motifs is 5. The fourth-order valence-electron chi connectivity index (χ4n) is 3.06. The van der Waals surface area contributed by atoms with Gasteiger partial charge in [-0.15, -0.1) is 22.0 Å². The van der Waals surface area contributed by atoms with Crippen molar-refractivity contribution in [3.8, 4) is 11.5 Å². The lowest BCUT2D eigenvalue weighted by molar-refractivity contribution is 0.553.